The third-order valence-electron chi connectivity index (χ3n) is 3.23. The smallest absolute Gasteiger partial charge is 0.341 e. The zero-order valence-electron chi connectivity index (χ0n) is 11.0. The second-order valence-corrected chi connectivity index (χ2v) is 4.70. The lowest BCUT2D eigenvalue weighted by atomic mass is 9.88. The predicted molar refractivity (Wildman–Crippen MR) is 69.4 cm³/mol. The maximum atomic E-state index is 11.9. The number of carbonyl (C=O) groups excluding carboxylic acids is 2. The number of carboxylic acid groups (broad SMARTS) is 1. The molecule has 0 radical (unpaired) electrons. The third-order valence-corrected chi connectivity index (χ3v) is 3.23. The average molecular weight is 277 g/mol. The molecule has 1 aromatic carbocycles. The van der Waals surface area contributed by atoms with Crippen LogP contribution in [-0.4, -0.2) is 29.5 Å². The highest BCUT2D eigenvalue weighted by Crippen LogP contribution is 2.30. The van der Waals surface area contributed by atoms with Gasteiger partial charge in [-0.2, -0.15) is 0 Å². The van der Waals surface area contributed by atoms with Crippen LogP contribution in [0.5, 0.6) is 5.75 Å². The van der Waals surface area contributed by atoms with E-state index in [9.17, 15) is 14.4 Å². The van der Waals surface area contributed by atoms with Crippen molar-refractivity contribution in [2.75, 3.05) is 6.61 Å². The lowest BCUT2D eigenvalue weighted by Crippen LogP contribution is -2.39. The van der Waals surface area contributed by atoms with E-state index >= 15 is 0 Å². The van der Waals surface area contributed by atoms with Crippen molar-refractivity contribution in [1.29, 1.82) is 0 Å². The van der Waals surface area contributed by atoms with Crippen LogP contribution in [0.2, 0.25) is 0 Å². The summed E-state index contributed by atoms with van der Waals surface area (Å²) in [5, 5.41) is 10.9. The molecule has 1 atom stereocenters. The van der Waals surface area contributed by atoms with E-state index in [2.05, 4.69) is 5.32 Å². The van der Waals surface area contributed by atoms with Crippen LogP contribution in [0.3, 0.4) is 0 Å². The zero-order chi connectivity index (χ0) is 14.7. The summed E-state index contributed by atoms with van der Waals surface area (Å²) in [7, 11) is 0. The normalized spacial score (nSPS) is 18.6. The summed E-state index contributed by atoms with van der Waals surface area (Å²) in [4.78, 5) is 33.5. The van der Waals surface area contributed by atoms with E-state index in [0.717, 1.165) is 11.1 Å². The van der Waals surface area contributed by atoms with E-state index < -0.39 is 18.5 Å². The monoisotopic (exact) mass is 277 g/mol. The number of amides is 2. The van der Waals surface area contributed by atoms with Gasteiger partial charge in [-0.25, -0.2) is 4.79 Å². The molecular weight excluding hydrogens is 262 g/mol. The second kappa shape index (κ2) is 5.73. The molecular formula is C14H15NO5. The van der Waals surface area contributed by atoms with Crippen molar-refractivity contribution in [2.24, 2.45) is 0 Å². The number of imide groups is 1. The first-order valence-corrected chi connectivity index (χ1v) is 6.26. The maximum absolute atomic E-state index is 11.9. The van der Waals surface area contributed by atoms with Gasteiger partial charge in [-0.15, -0.1) is 0 Å². The average Bonchev–Trinajstić information content (AvgIpc) is 2.38. The topological polar surface area (TPSA) is 92.7 Å². The van der Waals surface area contributed by atoms with Gasteiger partial charge in [0.05, 0.1) is 5.92 Å². The Morgan fingerprint density at radius 2 is 2.20 bits per heavy atom. The first-order valence-electron chi connectivity index (χ1n) is 6.26. The van der Waals surface area contributed by atoms with Gasteiger partial charge in [0.25, 0.3) is 0 Å². The first kappa shape index (κ1) is 14.0. The van der Waals surface area contributed by atoms with Crippen LogP contribution in [0.1, 0.15) is 29.9 Å². The van der Waals surface area contributed by atoms with Gasteiger partial charge in [-0.3, -0.25) is 14.9 Å². The Labute approximate surface area is 115 Å². The predicted octanol–water partition coefficient (Wildman–Crippen LogP) is 0.979. The molecule has 2 rings (SSSR count). The molecule has 0 bridgehead atoms. The highest BCUT2D eigenvalue weighted by Gasteiger charge is 2.29. The minimum atomic E-state index is -1.06. The molecule has 6 heteroatoms. The van der Waals surface area contributed by atoms with E-state index in [0.29, 0.717) is 18.6 Å². The molecule has 0 saturated carbocycles. The first-order chi connectivity index (χ1) is 9.47. The summed E-state index contributed by atoms with van der Waals surface area (Å²) in [6.07, 6.45) is 0.754. The van der Waals surface area contributed by atoms with Crippen LogP contribution in [0.4, 0.5) is 0 Å². The van der Waals surface area contributed by atoms with Crippen molar-refractivity contribution in [3.63, 3.8) is 0 Å². The summed E-state index contributed by atoms with van der Waals surface area (Å²) < 4.78 is 5.11. The second-order valence-electron chi connectivity index (χ2n) is 4.70. The minimum Gasteiger partial charge on any atom is -0.482 e. The van der Waals surface area contributed by atoms with Crippen molar-refractivity contribution < 1.29 is 24.2 Å². The number of benzene rings is 1. The molecule has 1 aliphatic heterocycles. The molecule has 0 aliphatic carbocycles. The Morgan fingerprint density at radius 1 is 1.45 bits per heavy atom. The SMILES string of the molecule is Cc1ccc(OCC(=O)O)cc1C1CCC(=O)NC1=O. The summed E-state index contributed by atoms with van der Waals surface area (Å²) >= 11 is 0. The largest absolute Gasteiger partial charge is 0.482 e. The van der Waals surface area contributed by atoms with Gasteiger partial charge in [0, 0.05) is 6.42 Å². The molecule has 6 nitrogen and oxygen atoms in total. The quantitative estimate of drug-likeness (QED) is 0.800. The lowest BCUT2D eigenvalue weighted by Gasteiger charge is -2.23. The Kier molecular flexibility index (Phi) is 4.02. The Hall–Kier alpha value is -2.37. The number of aryl methyl sites for hydroxylation is 1. The molecule has 1 heterocycles. The number of carboxylic acids is 1. The molecule has 2 N–H and O–H groups in total. The van der Waals surface area contributed by atoms with Crippen LogP contribution in [0, 0.1) is 6.92 Å². The molecule has 106 valence electrons. The van der Waals surface area contributed by atoms with Gasteiger partial charge >= 0.3 is 5.97 Å². The number of nitrogens with one attached hydrogen (secondary N) is 1. The molecule has 2 amide bonds. The Morgan fingerprint density at radius 3 is 2.85 bits per heavy atom. The van der Waals surface area contributed by atoms with Gasteiger partial charge in [-0.05, 0) is 36.6 Å². The molecule has 20 heavy (non-hydrogen) atoms. The van der Waals surface area contributed by atoms with Crippen LogP contribution in [-0.2, 0) is 14.4 Å². The third kappa shape index (κ3) is 3.14. The van der Waals surface area contributed by atoms with Crippen LogP contribution in [0.25, 0.3) is 0 Å². The summed E-state index contributed by atoms with van der Waals surface area (Å²) in [5.41, 5.74) is 1.67. The van der Waals surface area contributed by atoms with Crippen LogP contribution >= 0.6 is 0 Å². The Balaban J connectivity index is 2.22. The van der Waals surface area contributed by atoms with E-state index in [4.69, 9.17) is 9.84 Å². The fraction of sp³-hybridized carbons (Fsp3) is 0.357. The highest BCUT2D eigenvalue weighted by atomic mass is 16.5. The van der Waals surface area contributed by atoms with Gasteiger partial charge in [0.2, 0.25) is 11.8 Å². The molecule has 1 aliphatic rings. The van der Waals surface area contributed by atoms with E-state index in [1.54, 1.807) is 18.2 Å². The van der Waals surface area contributed by atoms with Crippen LogP contribution in [0.15, 0.2) is 18.2 Å². The van der Waals surface area contributed by atoms with E-state index in [-0.39, 0.29) is 11.8 Å². The van der Waals surface area contributed by atoms with Crippen molar-refractivity contribution >= 4 is 17.8 Å². The standard InChI is InChI=1S/C14H15NO5/c1-8-2-3-9(20-7-13(17)18)6-11(8)10-4-5-12(16)15-14(10)19/h2-3,6,10H,4-5,7H2,1H3,(H,17,18)(H,15,16,19). The maximum Gasteiger partial charge on any atom is 0.341 e. The van der Waals surface area contributed by atoms with Crippen molar-refractivity contribution in [3.8, 4) is 5.75 Å². The van der Waals surface area contributed by atoms with Crippen molar-refractivity contribution in [2.45, 2.75) is 25.7 Å². The van der Waals surface area contributed by atoms with Crippen molar-refractivity contribution in [1.82, 2.24) is 5.32 Å². The van der Waals surface area contributed by atoms with E-state index in [1.807, 2.05) is 6.92 Å². The van der Waals surface area contributed by atoms with E-state index in [1.165, 1.54) is 0 Å². The molecule has 1 aromatic rings. The lowest BCUT2D eigenvalue weighted by molar-refractivity contribution is -0.139. The number of carbonyl (C=O) groups is 3. The van der Waals surface area contributed by atoms with Gasteiger partial charge in [0.15, 0.2) is 6.61 Å². The minimum absolute atomic E-state index is 0.262. The molecule has 1 fully saturated rings. The fourth-order valence-electron chi connectivity index (χ4n) is 2.22. The van der Waals surface area contributed by atoms with Gasteiger partial charge in [0.1, 0.15) is 5.75 Å². The number of hydrogen-bond acceptors (Lipinski definition) is 4. The highest BCUT2D eigenvalue weighted by molar-refractivity contribution is 6.01. The Bertz CT molecular complexity index is 567. The van der Waals surface area contributed by atoms with Gasteiger partial charge in [-0.1, -0.05) is 6.07 Å². The van der Waals surface area contributed by atoms with Gasteiger partial charge < -0.3 is 9.84 Å². The molecule has 1 unspecified atom stereocenters. The zero-order valence-corrected chi connectivity index (χ0v) is 11.0. The summed E-state index contributed by atoms with van der Waals surface area (Å²) in [5.74, 6) is -1.64. The fourth-order valence-corrected chi connectivity index (χ4v) is 2.22. The molecule has 1 saturated heterocycles. The number of rotatable bonds is 4. The number of hydrogen-bond donors (Lipinski definition) is 2. The number of aliphatic carboxylic acids is 1. The number of piperidine rings is 1. The molecule has 0 aromatic heterocycles. The molecule has 0 spiro atoms. The van der Waals surface area contributed by atoms with Crippen LogP contribution < -0.4 is 10.1 Å². The summed E-state index contributed by atoms with van der Waals surface area (Å²) in [6.45, 7) is 1.43. The number of ether oxygens (including phenoxy) is 1. The summed E-state index contributed by atoms with van der Waals surface area (Å²) in [6, 6.07) is 5.10. The van der Waals surface area contributed by atoms with Crippen molar-refractivity contribution in [3.05, 3.63) is 29.3 Å².